The lowest BCUT2D eigenvalue weighted by Crippen LogP contribution is -2.28. The van der Waals surface area contributed by atoms with Gasteiger partial charge >= 0.3 is 0 Å². The van der Waals surface area contributed by atoms with Crippen molar-refractivity contribution in [1.82, 2.24) is 25.1 Å². The molecule has 0 aliphatic carbocycles. The van der Waals surface area contributed by atoms with Gasteiger partial charge in [-0.15, -0.1) is 10.2 Å². The fraction of sp³-hybridized carbons (Fsp3) is 0.194. The Hall–Kier alpha value is -5.62. The van der Waals surface area contributed by atoms with Gasteiger partial charge in [0.2, 0.25) is 0 Å². The molecule has 4 aromatic carbocycles. The lowest BCUT2D eigenvalue weighted by Gasteiger charge is -2.22. The van der Waals surface area contributed by atoms with E-state index in [0.29, 0.717) is 34.4 Å². The number of benzene rings is 4. The minimum atomic E-state index is -0.308. The quantitative estimate of drug-likeness (QED) is 0.169. The lowest BCUT2D eigenvalue weighted by atomic mass is 9.98. The van der Waals surface area contributed by atoms with E-state index >= 15 is 0 Å². The smallest absolute Gasteiger partial charge is 0.253 e. The van der Waals surface area contributed by atoms with Gasteiger partial charge in [-0.05, 0) is 71.8 Å². The molecule has 48 heavy (non-hydrogen) atoms. The van der Waals surface area contributed by atoms with Gasteiger partial charge in [0.1, 0.15) is 17.2 Å². The van der Waals surface area contributed by atoms with Crippen LogP contribution in [-0.2, 0) is 11.3 Å². The van der Waals surface area contributed by atoms with Gasteiger partial charge in [-0.3, -0.25) is 14.2 Å². The molecule has 0 spiro atoms. The minimum Gasteiger partial charge on any atom is -0.497 e. The summed E-state index contributed by atoms with van der Waals surface area (Å²) >= 11 is 1.24. The van der Waals surface area contributed by atoms with E-state index in [1.54, 1.807) is 43.0 Å². The molecular formula is C36H34N6O5S. The second kappa shape index (κ2) is 14.9. The first-order chi connectivity index (χ1) is 23.5. The average molecular weight is 663 g/mol. The van der Waals surface area contributed by atoms with Crippen LogP contribution in [0.25, 0.3) is 5.69 Å². The second-order valence-electron chi connectivity index (χ2n) is 10.8. The van der Waals surface area contributed by atoms with Gasteiger partial charge in [0.15, 0.2) is 11.0 Å². The molecule has 0 radical (unpaired) electrons. The van der Waals surface area contributed by atoms with Crippen LogP contribution >= 0.6 is 11.8 Å². The molecule has 2 heterocycles. The van der Waals surface area contributed by atoms with Crippen molar-refractivity contribution in [2.24, 2.45) is 5.10 Å². The summed E-state index contributed by atoms with van der Waals surface area (Å²) in [7, 11) is 4.83. The Labute approximate surface area is 282 Å². The number of carbonyl (C=O) groups is 2. The number of aromatic nitrogens is 3. The zero-order valence-corrected chi connectivity index (χ0v) is 27.5. The van der Waals surface area contributed by atoms with Gasteiger partial charge in [0, 0.05) is 12.0 Å². The molecule has 1 aromatic heterocycles. The van der Waals surface area contributed by atoms with Crippen molar-refractivity contribution in [3.8, 4) is 22.9 Å². The Morgan fingerprint density at radius 2 is 1.48 bits per heavy atom. The number of nitrogens with zero attached hydrogens (tertiary/aromatic N) is 5. The van der Waals surface area contributed by atoms with Crippen molar-refractivity contribution >= 4 is 29.3 Å². The standard InChI is InChI=1S/C36H34N6O5S/c1-45-27-17-13-24(14-18-27)29-21-31(25-15-19-28(46-2)20-16-25)42(40-29)34(43)23-48-36-39-38-33(22-37-35(44)26-9-5-4-6-10-26)41(36)30-11-7-8-12-32(30)47-3/h4-20,31H,21-23H2,1-3H3,(H,37,44)/t31-/m0/s1. The van der Waals surface area contributed by atoms with Crippen molar-refractivity contribution in [3.63, 3.8) is 0 Å². The van der Waals surface area contributed by atoms with Crippen LogP contribution in [0.2, 0.25) is 0 Å². The first-order valence-electron chi connectivity index (χ1n) is 15.2. The fourth-order valence-electron chi connectivity index (χ4n) is 5.39. The zero-order valence-electron chi connectivity index (χ0n) is 26.7. The maximum absolute atomic E-state index is 14.0. The number of hydrogen-bond acceptors (Lipinski definition) is 9. The van der Waals surface area contributed by atoms with E-state index in [4.69, 9.17) is 19.3 Å². The molecule has 0 saturated heterocycles. The number of hydrogen-bond donors (Lipinski definition) is 1. The molecule has 12 heteroatoms. The number of carbonyl (C=O) groups excluding carboxylic acids is 2. The number of hydrazone groups is 1. The number of amides is 2. The normalized spacial score (nSPS) is 13.9. The molecule has 0 bridgehead atoms. The third-order valence-electron chi connectivity index (χ3n) is 7.88. The summed E-state index contributed by atoms with van der Waals surface area (Å²) < 4.78 is 18.1. The Balaban J connectivity index is 1.27. The molecule has 6 rings (SSSR count). The summed E-state index contributed by atoms with van der Waals surface area (Å²) in [6.45, 7) is 0.106. The fourth-order valence-corrected chi connectivity index (χ4v) is 6.21. The van der Waals surface area contributed by atoms with Crippen LogP contribution in [0.15, 0.2) is 113 Å². The Morgan fingerprint density at radius 1 is 0.812 bits per heavy atom. The van der Waals surface area contributed by atoms with E-state index < -0.39 is 0 Å². The zero-order chi connectivity index (χ0) is 33.5. The van der Waals surface area contributed by atoms with Crippen molar-refractivity contribution in [2.45, 2.75) is 24.2 Å². The van der Waals surface area contributed by atoms with Gasteiger partial charge in [0.05, 0.1) is 51.1 Å². The summed E-state index contributed by atoms with van der Waals surface area (Å²) in [5, 5.41) is 18.6. The number of thioether (sulfide) groups is 1. The average Bonchev–Trinajstić information content (AvgIpc) is 3.78. The molecule has 1 aliphatic heterocycles. The van der Waals surface area contributed by atoms with Crippen LogP contribution in [0.1, 0.15) is 39.8 Å². The maximum Gasteiger partial charge on any atom is 0.253 e. The highest BCUT2D eigenvalue weighted by molar-refractivity contribution is 7.99. The molecule has 244 valence electrons. The monoisotopic (exact) mass is 662 g/mol. The van der Waals surface area contributed by atoms with E-state index in [-0.39, 0.29) is 30.2 Å². The van der Waals surface area contributed by atoms with Crippen LogP contribution in [0.4, 0.5) is 0 Å². The summed E-state index contributed by atoms with van der Waals surface area (Å²) in [5.74, 6) is 2.15. The predicted octanol–water partition coefficient (Wildman–Crippen LogP) is 5.69. The second-order valence-corrected chi connectivity index (χ2v) is 11.7. The summed E-state index contributed by atoms with van der Waals surface area (Å²) in [6.07, 6.45) is 0.539. The first kappa shape index (κ1) is 32.3. The topological polar surface area (TPSA) is 120 Å². The molecule has 1 aliphatic rings. The van der Waals surface area contributed by atoms with Crippen LogP contribution in [0.5, 0.6) is 17.2 Å². The van der Waals surface area contributed by atoms with Gasteiger partial charge in [-0.2, -0.15) is 5.10 Å². The number of rotatable bonds is 12. The van der Waals surface area contributed by atoms with E-state index in [2.05, 4.69) is 15.5 Å². The predicted molar refractivity (Wildman–Crippen MR) is 183 cm³/mol. The Morgan fingerprint density at radius 3 is 2.17 bits per heavy atom. The third-order valence-corrected chi connectivity index (χ3v) is 8.80. The Kier molecular flexibility index (Phi) is 10.0. The molecule has 1 N–H and O–H groups in total. The van der Waals surface area contributed by atoms with E-state index in [1.807, 2.05) is 91.0 Å². The van der Waals surface area contributed by atoms with Crippen LogP contribution < -0.4 is 19.5 Å². The third kappa shape index (κ3) is 7.03. The van der Waals surface area contributed by atoms with Gasteiger partial charge < -0.3 is 19.5 Å². The van der Waals surface area contributed by atoms with Crippen molar-refractivity contribution in [3.05, 3.63) is 126 Å². The van der Waals surface area contributed by atoms with Gasteiger partial charge in [-0.25, -0.2) is 5.01 Å². The van der Waals surface area contributed by atoms with Gasteiger partial charge in [-0.1, -0.05) is 54.2 Å². The summed E-state index contributed by atoms with van der Waals surface area (Å²) in [6, 6.07) is 31.4. The highest BCUT2D eigenvalue weighted by Gasteiger charge is 2.33. The van der Waals surface area contributed by atoms with Crippen molar-refractivity contribution < 1.29 is 23.8 Å². The largest absolute Gasteiger partial charge is 0.497 e. The summed E-state index contributed by atoms with van der Waals surface area (Å²) in [4.78, 5) is 26.8. The minimum absolute atomic E-state index is 0.0374. The van der Waals surface area contributed by atoms with E-state index in [9.17, 15) is 9.59 Å². The number of nitrogens with one attached hydrogen (secondary N) is 1. The molecule has 0 saturated carbocycles. The van der Waals surface area contributed by atoms with Gasteiger partial charge in [0.25, 0.3) is 11.8 Å². The number of para-hydroxylation sites is 2. The van der Waals surface area contributed by atoms with Crippen LogP contribution in [-0.4, -0.2) is 64.4 Å². The molecule has 0 fully saturated rings. The van der Waals surface area contributed by atoms with Crippen molar-refractivity contribution in [2.75, 3.05) is 27.1 Å². The molecule has 0 unspecified atom stereocenters. The lowest BCUT2D eigenvalue weighted by molar-refractivity contribution is -0.130. The molecule has 5 aromatic rings. The van der Waals surface area contributed by atoms with E-state index in [1.165, 1.54) is 11.8 Å². The highest BCUT2D eigenvalue weighted by atomic mass is 32.2. The van der Waals surface area contributed by atoms with Crippen LogP contribution in [0.3, 0.4) is 0 Å². The first-order valence-corrected chi connectivity index (χ1v) is 16.2. The number of ether oxygens (including phenoxy) is 3. The highest BCUT2D eigenvalue weighted by Crippen LogP contribution is 2.35. The van der Waals surface area contributed by atoms with Crippen LogP contribution in [0, 0.1) is 0 Å². The summed E-state index contributed by atoms with van der Waals surface area (Å²) in [5.41, 5.74) is 3.87. The van der Waals surface area contributed by atoms with Crippen molar-refractivity contribution in [1.29, 1.82) is 0 Å². The molecule has 2 amide bonds. The maximum atomic E-state index is 14.0. The molecule has 1 atom stereocenters. The van der Waals surface area contributed by atoms with E-state index in [0.717, 1.165) is 28.3 Å². The molecular weight excluding hydrogens is 629 g/mol. The Bertz CT molecular complexity index is 1910. The molecule has 11 nitrogen and oxygen atoms in total. The SMILES string of the molecule is COc1ccc(C2=NN(C(=O)CSc3nnc(CNC(=O)c4ccccc4)n3-c3ccccc3OC)[C@H](c3ccc(OC)cc3)C2)cc1. The number of methoxy groups -OCH3 is 3.